The van der Waals surface area contributed by atoms with Crippen LogP contribution in [0.4, 0.5) is 4.79 Å². The van der Waals surface area contributed by atoms with Crippen molar-refractivity contribution in [3.8, 4) is 0 Å². The number of carboxylic acid groups (broad SMARTS) is 1. The zero-order valence-corrected chi connectivity index (χ0v) is 18.1. The molecule has 8 nitrogen and oxygen atoms in total. The minimum absolute atomic E-state index is 0.0142. The molecule has 0 aromatic carbocycles. The van der Waals surface area contributed by atoms with Crippen molar-refractivity contribution in [1.82, 2.24) is 10.3 Å². The van der Waals surface area contributed by atoms with Gasteiger partial charge in [-0.3, -0.25) is 0 Å². The molecule has 1 aliphatic rings. The summed E-state index contributed by atoms with van der Waals surface area (Å²) in [6, 6.07) is 0. The van der Waals surface area contributed by atoms with Gasteiger partial charge >= 0.3 is 19.2 Å². The Hall–Kier alpha value is -1.91. The van der Waals surface area contributed by atoms with E-state index in [2.05, 4.69) is 10.3 Å². The van der Waals surface area contributed by atoms with E-state index in [0.29, 0.717) is 11.2 Å². The van der Waals surface area contributed by atoms with Crippen LogP contribution < -0.4 is 5.32 Å². The van der Waals surface area contributed by atoms with Gasteiger partial charge in [-0.25, -0.2) is 14.6 Å². The summed E-state index contributed by atoms with van der Waals surface area (Å²) in [4.78, 5) is 27.2. The number of carbonyl (C=O) groups is 2. The molecule has 2 N–H and O–H groups in total. The molecule has 0 spiro atoms. The predicted molar refractivity (Wildman–Crippen MR) is 107 cm³/mol. The van der Waals surface area contributed by atoms with Crippen LogP contribution in [0.15, 0.2) is 10.9 Å². The molecule has 1 amide bonds. The average molecular weight is 410 g/mol. The number of nitrogens with zero attached hydrogens (tertiary/aromatic N) is 1. The van der Waals surface area contributed by atoms with Gasteiger partial charge in [-0.15, -0.1) is 11.3 Å². The van der Waals surface area contributed by atoms with Crippen LogP contribution in [-0.4, -0.2) is 52.6 Å². The number of carbonyl (C=O) groups excluding carboxylic acids is 1. The maximum Gasteiger partial charge on any atom is 0.492 e. The molecule has 1 aliphatic heterocycles. The van der Waals surface area contributed by atoms with Gasteiger partial charge in [0.1, 0.15) is 5.60 Å². The first-order valence-corrected chi connectivity index (χ1v) is 9.80. The van der Waals surface area contributed by atoms with Gasteiger partial charge in [0.15, 0.2) is 0 Å². The third-order valence-electron chi connectivity index (χ3n) is 4.43. The lowest BCUT2D eigenvalue weighted by molar-refractivity contribution is 0.00578. The third-order valence-corrected chi connectivity index (χ3v) is 5.28. The number of alkyl carbamates (subject to hydrolysis) is 1. The van der Waals surface area contributed by atoms with Crippen molar-refractivity contribution in [2.24, 2.45) is 0 Å². The number of hydrogen-bond acceptors (Lipinski definition) is 7. The molecule has 0 unspecified atom stereocenters. The predicted octanol–water partition coefficient (Wildman–Crippen LogP) is 3.38. The van der Waals surface area contributed by atoms with Crippen LogP contribution in [0.2, 0.25) is 0 Å². The summed E-state index contributed by atoms with van der Waals surface area (Å²) in [5.41, 5.74) is -0.678. The molecule has 2 heterocycles. The van der Waals surface area contributed by atoms with Crippen LogP contribution in [0, 0.1) is 0 Å². The molecule has 0 saturated carbocycles. The highest BCUT2D eigenvalue weighted by molar-refractivity contribution is 7.11. The number of ether oxygens (including phenoxy) is 1. The van der Waals surface area contributed by atoms with Gasteiger partial charge in [-0.2, -0.15) is 0 Å². The minimum Gasteiger partial charge on any atom is -0.476 e. The molecule has 0 aliphatic carbocycles. The standard InChI is InChI=1S/C18H27BN2O6S/c1-16(2,3)25-15(24)20-9-11(8-12-10-28-13(21-12)14(22)23)19-26-17(4,5)18(6,7)27-19/h8,10H,9H2,1-7H3,(H,20,24)(H,22,23). The number of thiazole rings is 1. The lowest BCUT2D eigenvalue weighted by Crippen LogP contribution is -2.41. The Labute approximate surface area is 169 Å². The Kier molecular flexibility index (Phi) is 6.27. The molecule has 0 atom stereocenters. The second-order valence-electron chi connectivity index (χ2n) is 8.55. The first-order chi connectivity index (χ1) is 12.7. The smallest absolute Gasteiger partial charge is 0.476 e. The Morgan fingerprint density at radius 2 is 1.86 bits per heavy atom. The second kappa shape index (κ2) is 7.84. The maximum atomic E-state index is 12.0. The van der Waals surface area contributed by atoms with Crippen molar-refractivity contribution in [3.05, 3.63) is 21.6 Å². The molecule has 154 valence electrons. The molecule has 0 bridgehead atoms. The Balaban J connectivity index is 2.24. The highest BCUT2D eigenvalue weighted by Gasteiger charge is 2.52. The number of aromatic nitrogens is 1. The number of nitrogens with one attached hydrogen (secondary N) is 1. The normalized spacial score (nSPS) is 18.8. The summed E-state index contributed by atoms with van der Waals surface area (Å²) in [5, 5.41) is 13.4. The first kappa shape index (κ1) is 22.4. The molecular formula is C18H27BN2O6S. The van der Waals surface area contributed by atoms with E-state index < -0.39 is 36.0 Å². The van der Waals surface area contributed by atoms with Crippen LogP contribution in [0.1, 0.15) is 64.0 Å². The molecule has 1 saturated heterocycles. The Morgan fingerprint density at radius 1 is 1.29 bits per heavy atom. The van der Waals surface area contributed by atoms with E-state index in [-0.39, 0.29) is 11.6 Å². The number of rotatable bonds is 5. The van der Waals surface area contributed by atoms with Crippen molar-refractivity contribution in [3.63, 3.8) is 0 Å². The van der Waals surface area contributed by atoms with E-state index in [9.17, 15) is 9.59 Å². The number of amides is 1. The fourth-order valence-corrected chi connectivity index (χ4v) is 2.94. The summed E-state index contributed by atoms with van der Waals surface area (Å²) in [7, 11) is -0.713. The van der Waals surface area contributed by atoms with E-state index in [0.717, 1.165) is 11.3 Å². The third kappa shape index (κ3) is 5.56. The SMILES string of the molecule is CC(C)(C)OC(=O)NCC(=Cc1csc(C(=O)O)n1)B1OC(C)(C)C(C)(C)O1. The summed E-state index contributed by atoms with van der Waals surface area (Å²) in [6.07, 6.45) is 1.10. The molecule has 28 heavy (non-hydrogen) atoms. The summed E-state index contributed by atoms with van der Waals surface area (Å²) in [5.74, 6) is -1.09. The number of aromatic carboxylic acids is 1. The number of carboxylic acids is 1. The molecular weight excluding hydrogens is 383 g/mol. The van der Waals surface area contributed by atoms with Gasteiger partial charge in [0.2, 0.25) is 5.01 Å². The van der Waals surface area contributed by atoms with E-state index in [1.807, 2.05) is 27.7 Å². The molecule has 10 heteroatoms. The van der Waals surface area contributed by atoms with Crippen molar-refractivity contribution < 1.29 is 28.7 Å². The van der Waals surface area contributed by atoms with Gasteiger partial charge in [-0.05, 0) is 60.0 Å². The van der Waals surface area contributed by atoms with Crippen LogP contribution in [-0.2, 0) is 14.0 Å². The highest BCUT2D eigenvalue weighted by atomic mass is 32.1. The van der Waals surface area contributed by atoms with Crippen molar-refractivity contribution in [2.75, 3.05) is 6.54 Å². The maximum absolute atomic E-state index is 12.0. The Morgan fingerprint density at radius 3 is 2.32 bits per heavy atom. The molecule has 1 fully saturated rings. The Bertz CT molecular complexity index is 765. The second-order valence-corrected chi connectivity index (χ2v) is 9.40. The van der Waals surface area contributed by atoms with E-state index in [1.165, 1.54) is 0 Å². The monoisotopic (exact) mass is 410 g/mol. The van der Waals surface area contributed by atoms with Crippen molar-refractivity contribution >= 4 is 36.6 Å². The van der Waals surface area contributed by atoms with Crippen LogP contribution in [0.25, 0.3) is 6.08 Å². The van der Waals surface area contributed by atoms with E-state index in [1.54, 1.807) is 32.2 Å². The zero-order valence-electron chi connectivity index (χ0n) is 17.3. The summed E-state index contributed by atoms with van der Waals surface area (Å²) >= 11 is 1.03. The van der Waals surface area contributed by atoms with Gasteiger partial charge < -0.3 is 24.5 Å². The van der Waals surface area contributed by atoms with Crippen LogP contribution in [0.5, 0.6) is 0 Å². The first-order valence-electron chi connectivity index (χ1n) is 8.92. The lowest BCUT2D eigenvalue weighted by Gasteiger charge is -2.32. The molecule has 0 radical (unpaired) electrons. The fourth-order valence-electron chi connectivity index (χ4n) is 2.33. The largest absolute Gasteiger partial charge is 0.492 e. The number of hydrogen-bond donors (Lipinski definition) is 2. The molecule has 1 aromatic heterocycles. The fraction of sp³-hybridized carbons (Fsp3) is 0.611. The molecule has 2 rings (SSSR count). The van der Waals surface area contributed by atoms with Gasteiger partial charge in [0.05, 0.1) is 16.9 Å². The van der Waals surface area contributed by atoms with Gasteiger partial charge in [-0.1, -0.05) is 0 Å². The average Bonchev–Trinajstić information content (AvgIpc) is 3.04. The van der Waals surface area contributed by atoms with Crippen molar-refractivity contribution in [2.45, 2.75) is 65.3 Å². The van der Waals surface area contributed by atoms with E-state index >= 15 is 0 Å². The van der Waals surface area contributed by atoms with Crippen LogP contribution >= 0.6 is 11.3 Å². The minimum atomic E-state index is -1.09. The van der Waals surface area contributed by atoms with E-state index in [4.69, 9.17) is 19.2 Å². The summed E-state index contributed by atoms with van der Waals surface area (Å²) < 4.78 is 17.4. The van der Waals surface area contributed by atoms with Crippen molar-refractivity contribution in [1.29, 1.82) is 0 Å². The van der Waals surface area contributed by atoms with Gasteiger partial charge in [0, 0.05) is 11.9 Å². The zero-order chi connectivity index (χ0) is 21.3. The highest BCUT2D eigenvalue weighted by Crippen LogP contribution is 2.38. The van der Waals surface area contributed by atoms with Crippen LogP contribution in [0.3, 0.4) is 0 Å². The summed E-state index contributed by atoms with van der Waals surface area (Å²) in [6.45, 7) is 13.1. The topological polar surface area (TPSA) is 107 Å². The van der Waals surface area contributed by atoms with Gasteiger partial charge in [0.25, 0.3) is 0 Å². The quantitative estimate of drug-likeness (QED) is 0.717. The lowest BCUT2D eigenvalue weighted by atomic mass is 9.77. The molecule has 1 aromatic rings.